The highest BCUT2D eigenvalue weighted by atomic mass is 16.5. The van der Waals surface area contributed by atoms with Crippen molar-refractivity contribution in [1.29, 1.82) is 0 Å². The number of nitrogens with one attached hydrogen (secondary N) is 2. The fraction of sp³-hybridized carbons (Fsp3) is 0.394. The van der Waals surface area contributed by atoms with E-state index in [1.807, 2.05) is 42.5 Å². The molecule has 0 aliphatic rings. The maximum Gasteiger partial charge on any atom is 0.220 e. The molecule has 0 aliphatic heterocycles. The Kier molecular flexibility index (Phi) is 12.9. The minimum Gasteiger partial charge on any atom is -0.497 e. The van der Waals surface area contributed by atoms with Gasteiger partial charge in [0.25, 0.3) is 0 Å². The van der Waals surface area contributed by atoms with Crippen molar-refractivity contribution >= 4 is 11.8 Å². The first-order valence-corrected chi connectivity index (χ1v) is 14.0. The third kappa shape index (κ3) is 10.3. The van der Waals surface area contributed by atoms with Gasteiger partial charge in [-0.05, 0) is 85.0 Å². The van der Waals surface area contributed by atoms with Gasteiger partial charge in [-0.25, -0.2) is 0 Å². The average Bonchev–Trinajstić information content (AvgIpc) is 2.99. The molecular formula is C33H42N2O5. The monoisotopic (exact) mass is 546 g/mol. The zero-order chi connectivity index (χ0) is 28.6. The average molecular weight is 547 g/mol. The van der Waals surface area contributed by atoms with Crippen LogP contribution in [0.3, 0.4) is 0 Å². The first kappa shape index (κ1) is 30.5. The summed E-state index contributed by atoms with van der Waals surface area (Å²) in [5.74, 6) is 2.25. The zero-order valence-corrected chi connectivity index (χ0v) is 24.0. The fourth-order valence-electron chi connectivity index (χ4n) is 4.61. The van der Waals surface area contributed by atoms with E-state index in [0.29, 0.717) is 56.7 Å². The van der Waals surface area contributed by atoms with Crippen LogP contribution < -0.4 is 24.8 Å². The maximum absolute atomic E-state index is 12.4. The third-order valence-corrected chi connectivity index (χ3v) is 6.88. The van der Waals surface area contributed by atoms with Gasteiger partial charge in [-0.15, -0.1) is 0 Å². The number of ether oxygens (including phenoxy) is 3. The van der Waals surface area contributed by atoms with Crippen molar-refractivity contribution in [3.63, 3.8) is 0 Å². The quantitative estimate of drug-likeness (QED) is 0.231. The summed E-state index contributed by atoms with van der Waals surface area (Å²) in [4.78, 5) is 24.5. The second-order valence-corrected chi connectivity index (χ2v) is 9.72. The second-order valence-electron chi connectivity index (χ2n) is 9.72. The van der Waals surface area contributed by atoms with Crippen LogP contribution in [0.25, 0.3) is 0 Å². The lowest BCUT2D eigenvalue weighted by Gasteiger charge is -2.16. The molecule has 3 aromatic carbocycles. The van der Waals surface area contributed by atoms with E-state index in [1.54, 1.807) is 21.3 Å². The minimum atomic E-state index is 0.00268. The molecule has 3 rings (SSSR count). The molecule has 0 aromatic heterocycles. The van der Waals surface area contributed by atoms with Gasteiger partial charge in [0.05, 0.1) is 21.3 Å². The molecule has 0 saturated carbocycles. The van der Waals surface area contributed by atoms with Crippen molar-refractivity contribution < 1.29 is 23.8 Å². The van der Waals surface area contributed by atoms with E-state index in [2.05, 4.69) is 34.9 Å². The molecule has 0 unspecified atom stereocenters. The summed E-state index contributed by atoms with van der Waals surface area (Å²) >= 11 is 0. The van der Waals surface area contributed by atoms with Crippen LogP contribution >= 0.6 is 0 Å². The van der Waals surface area contributed by atoms with Crippen LogP contribution in [-0.4, -0.2) is 46.2 Å². The molecule has 0 aliphatic carbocycles. The molecule has 214 valence electrons. The molecule has 0 saturated heterocycles. The summed E-state index contributed by atoms with van der Waals surface area (Å²) in [6, 6.07) is 22.2. The molecule has 7 heteroatoms. The third-order valence-electron chi connectivity index (χ3n) is 6.88. The molecule has 0 bridgehead atoms. The lowest BCUT2D eigenvalue weighted by molar-refractivity contribution is -0.123. The summed E-state index contributed by atoms with van der Waals surface area (Å²) in [5.41, 5.74) is 4.68. The highest BCUT2D eigenvalue weighted by molar-refractivity contribution is 5.77. The first-order chi connectivity index (χ1) is 19.5. The van der Waals surface area contributed by atoms with Crippen LogP contribution in [0.15, 0.2) is 66.7 Å². The van der Waals surface area contributed by atoms with Crippen LogP contribution in [0.5, 0.6) is 17.2 Å². The van der Waals surface area contributed by atoms with E-state index in [4.69, 9.17) is 14.2 Å². The van der Waals surface area contributed by atoms with Crippen molar-refractivity contribution in [2.24, 2.45) is 0 Å². The Balaban J connectivity index is 1.41. The fourth-order valence-corrected chi connectivity index (χ4v) is 4.61. The Labute approximate surface area is 238 Å². The van der Waals surface area contributed by atoms with E-state index < -0.39 is 0 Å². The van der Waals surface area contributed by atoms with Crippen molar-refractivity contribution in [3.8, 4) is 17.2 Å². The van der Waals surface area contributed by atoms with Gasteiger partial charge in [0.1, 0.15) is 5.75 Å². The van der Waals surface area contributed by atoms with Gasteiger partial charge in [-0.2, -0.15) is 0 Å². The second kappa shape index (κ2) is 16.9. The highest BCUT2D eigenvalue weighted by Crippen LogP contribution is 2.31. The summed E-state index contributed by atoms with van der Waals surface area (Å²) in [7, 11) is 4.94. The summed E-state index contributed by atoms with van der Waals surface area (Å²) in [6.07, 6.45) is 5.39. The largest absolute Gasteiger partial charge is 0.497 e. The molecule has 3 aromatic rings. The van der Waals surface area contributed by atoms with E-state index in [9.17, 15) is 9.59 Å². The molecule has 2 N–H and O–H groups in total. The van der Waals surface area contributed by atoms with Gasteiger partial charge in [0.2, 0.25) is 11.8 Å². The number of benzene rings is 3. The molecule has 0 fully saturated rings. The minimum absolute atomic E-state index is 0.00268. The van der Waals surface area contributed by atoms with Crippen LogP contribution in [0.4, 0.5) is 0 Å². The van der Waals surface area contributed by atoms with Gasteiger partial charge in [-0.1, -0.05) is 42.5 Å². The molecule has 0 atom stereocenters. The molecule has 0 spiro atoms. The number of carbonyl (C=O) groups excluding carboxylic acids is 2. The van der Waals surface area contributed by atoms with E-state index in [1.165, 1.54) is 11.1 Å². The molecule has 7 nitrogen and oxygen atoms in total. The molecule has 0 radical (unpaired) electrons. The Morgan fingerprint density at radius 1 is 0.600 bits per heavy atom. The van der Waals surface area contributed by atoms with Crippen LogP contribution in [0, 0.1) is 0 Å². The van der Waals surface area contributed by atoms with Gasteiger partial charge < -0.3 is 24.8 Å². The molecular weight excluding hydrogens is 504 g/mol. The van der Waals surface area contributed by atoms with E-state index in [-0.39, 0.29) is 11.8 Å². The summed E-state index contributed by atoms with van der Waals surface area (Å²) in [6.45, 7) is 1.15. The topological polar surface area (TPSA) is 85.9 Å². The number of hydrogen-bond acceptors (Lipinski definition) is 5. The molecule has 40 heavy (non-hydrogen) atoms. The number of amides is 2. The van der Waals surface area contributed by atoms with Gasteiger partial charge >= 0.3 is 0 Å². The van der Waals surface area contributed by atoms with Crippen LogP contribution in [0.1, 0.15) is 47.9 Å². The Hall–Kier alpha value is -4.00. The molecule has 2 amide bonds. The number of aryl methyl sites for hydroxylation is 2. The van der Waals surface area contributed by atoms with E-state index in [0.717, 1.165) is 36.1 Å². The zero-order valence-electron chi connectivity index (χ0n) is 24.0. The SMILES string of the molecule is COc1cccc(CCc2cc(OC)c(OC)cc2CCNC(=O)CCCCC(=O)NCCc2ccccc2)c1. The van der Waals surface area contributed by atoms with Gasteiger partial charge in [-0.3, -0.25) is 9.59 Å². The predicted octanol–water partition coefficient (Wildman–Crippen LogP) is 5.08. The van der Waals surface area contributed by atoms with Crippen molar-refractivity contribution in [2.75, 3.05) is 34.4 Å². The number of unbranched alkanes of at least 4 members (excludes halogenated alkanes) is 1. The lowest BCUT2D eigenvalue weighted by Crippen LogP contribution is -2.26. The van der Waals surface area contributed by atoms with Crippen molar-refractivity contribution in [1.82, 2.24) is 10.6 Å². The first-order valence-electron chi connectivity index (χ1n) is 14.0. The summed E-state index contributed by atoms with van der Waals surface area (Å²) < 4.78 is 16.4. The standard InChI is InChI=1S/C33H42N2O5/c1-38-29-13-9-12-26(22-29)16-17-27-23-30(39-2)31(40-3)24-28(27)19-21-35-33(37)15-8-7-14-32(36)34-20-18-25-10-5-4-6-11-25/h4-6,9-13,22-24H,7-8,14-21H2,1-3H3,(H,34,36)(H,35,37). The predicted molar refractivity (Wildman–Crippen MR) is 158 cm³/mol. The van der Waals surface area contributed by atoms with E-state index >= 15 is 0 Å². The number of carbonyl (C=O) groups is 2. The smallest absolute Gasteiger partial charge is 0.220 e. The van der Waals surface area contributed by atoms with Crippen molar-refractivity contribution in [3.05, 3.63) is 89.0 Å². The molecule has 0 heterocycles. The highest BCUT2D eigenvalue weighted by Gasteiger charge is 2.12. The normalized spacial score (nSPS) is 10.6. The summed E-state index contributed by atoms with van der Waals surface area (Å²) in [5, 5.41) is 5.98. The van der Waals surface area contributed by atoms with Gasteiger partial charge in [0.15, 0.2) is 11.5 Å². The number of hydrogen-bond donors (Lipinski definition) is 2. The Bertz CT molecular complexity index is 1210. The van der Waals surface area contributed by atoms with Crippen LogP contribution in [0.2, 0.25) is 0 Å². The number of methoxy groups -OCH3 is 3. The Morgan fingerprint density at radius 2 is 1.18 bits per heavy atom. The maximum atomic E-state index is 12.4. The van der Waals surface area contributed by atoms with Crippen LogP contribution in [-0.2, 0) is 35.3 Å². The number of rotatable bonds is 17. The van der Waals surface area contributed by atoms with Gasteiger partial charge in [0, 0.05) is 25.9 Å². The lowest BCUT2D eigenvalue weighted by atomic mass is 9.97. The van der Waals surface area contributed by atoms with Crippen molar-refractivity contribution in [2.45, 2.75) is 51.4 Å². The Morgan fingerprint density at radius 3 is 1.77 bits per heavy atom.